The predicted molar refractivity (Wildman–Crippen MR) is 101 cm³/mol. The first-order chi connectivity index (χ1) is 11.9. The molecule has 1 aromatic carbocycles. The Bertz CT molecular complexity index is 674. The van der Waals surface area contributed by atoms with E-state index in [1.165, 1.54) is 5.57 Å². The van der Waals surface area contributed by atoms with Crippen LogP contribution in [0.2, 0.25) is 0 Å². The van der Waals surface area contributed by atoms with Crippen LogP contribution in [0.4, 0.5) is 0 Å². The second-order valence-corrected chi connectivity index (χ2v) is 6.76. The molecule has 0 aliphatic carbocycles. The molecular formula is C21H29NO3. The summed E-state index contributed by atoms with van der Waals surface area (Å²) in [6, 6.07) is 5.72. The standard InChI is InChI=1S/C21H29NO3/c1-6-8-9-16(7-2)15(3)22-13-19(23)17-10-11-20-18(12-17)14-24-21(4,5)25-20/h6,8-12,15,22H,7,13-14H2,1-5H3/b8-6-,16-9+. The number of hydrogen-bond acceptors (Lipinski definition) is 4. The first-order valence-corrected chi connectivity index (χ1v) is 8.90. The van der Waals surface area contributed by atoms with Gasteiger partial charge < -0.3 is 14.8 Å². The molecule has 0 saturated heterocycles. The van der Waals surface area contributed by atoms with Crippen LogP contribution in [0, 0.1) is 0 Å². The second kappa shape index (κ2) is 8.45. The minimum atomic E-state index is -0.620. The smallest absolute Gasteiger partial charge is 0.205 e. The minimum Gasteiger partial charge on any atom is -0.463 e. The normalized spacial score (nSPS) is 17.9. The van der Waals surface area contributed by atoms with Crippen molar-refractivity contribution in [1.29, 1.82) is 0 Å². The number of benzene rings is 1. The van der Waals surface area contributed by atoms with Gasteiger partial charge in [0.05, 0.1) is 13.2 Å². The third-order valence-electron chi connectivity index (χ3n) is 4.35. The molecule has 0 spiro atoms. The van der Waals surface area contributed by atoms with Crippen LogP contribution in [0.3, 0.4) is 0 Å². The lowest BCUT2D eigenvalue weighted by molar-refractivity contribution is -0.180. The van der Waals surface area contributed by atoms with Crippen LogP contribution in [0.1, 0.15) is 57.0 Å². The van der Waals surface area contributed by atoms with Crippen LogP contribution in [-0.4, -0.2) is 24.2 Å². The van der Waals surface area contributed by atoms with Crippen molar-refractivity contribution in [3.05, 3.63) is 53.1 Å². The number of fused-ring (bicyclic) bond motifs is 1. The van der Waals surface area contributed by atoms with E-state index in [0.717, 1.165) is 17.7 Å². The van der Waals surface area contributed by atoms with Crippen LogP contribution in [0.5, 0.6) is 5.75 Å². The largest absolute Gasteiger partial charge is 0.463 e. The third kappa shape index (κ3) is 5.28. The molecule has 1 aliphatic rings. The highest BCUT2D eigenvalue weighted by atomic mass is 16.7. The molecule has 0 amide bonds. The van der Waals surface area contributed by atoms with E-state index in [0.29, 0.717) is 18.7 Å². The highest BCUT2D eigenvalue weighted by Crippen LogP contribution is 2.31. The first kappa shape index (κ1) is 19.4. The molecule has 4 heteroatoms. The second-order valence-electron chi connectivity index (χ2n) is 6.76. The lowest BCUT2D eigenvalue weighted by atomic mass is 10.0. The zero-order valence-corrected chi connectivity index (χ0v) is 15.9. The Morgan fingerprint density at radius 3 is 2.84 bits per heavy atom. The van der Waals surface area contributed by atoms with Gasteiger partial charge in [-0.1, -0.05) is 30.7 Å². The SMILES string of the molecule is C/C=C\C=C(/CC)C(C)NCC(=O)c1ccc2c(c1)COC(C)(C)O2. The van der Waals surface area contributed by atoms with Crippen molar-refractivity contribution in [3.63, 3.8) is 0 Å². The summed E-state index contributed by atoms with van der Waals surface area (Å²) in [5.41, 5.74) is 2.88. The number of ketones is 1. The van der Waals surface area contributed by atoms with Gasteiger partial charge in [-0.15, -0.1) is 0 Å². The van der Waals surface area contributed by atoms with Gasteiger partial charge in [-0.25, -0.2) is 0 Å². The van der Waals surface area contributed by atoms with Gasteiger partial charge in [-0.05, 0) is 38.5 Å². The van der Waals surface area contributed by atoms with Crippen LogP contribution in [0.15, 0.2) is 42.0 Å². The first-order valence-electron chi connectivity index (χ1n) is 8.90. The average molecular weight is 343 g/mol. The lowest BCUT2D eigenvalue weighted by Crippen LogP contribution is -2.35. The molecular weight excluding hydrogens is 314 g/mol. The topological polar surface area (TPSA) is 47.6 Å². The van der Waals surface area contributed by atoms with Crippen LogP contribution < -0.4 is 10.1 Å². The molecule has 0 radical (unpaired) electrons. The average Bonchev–Trinajstić information content (AvgIpc) is 2.59. The predicted octanol–water partition coefficient (Wildman–Crippen LogP) is 4.41. The lowest BCUT2D eigenvalue weighted by Gasteiger charge is -2.32. The van der Waals surface area contributed by atoms with Crippen LogP contribution in [-0.2, 0) is 11.3 Å². The zero-order chi connectivity index (χ0) is 18.4. The number of rotatable bonds is 7. The van der Waals surface area contributed by atoms with E-state index < -0.39 is 5.79 Å². The van der Waals surface area contributed by atoms with Gasteiger partial charge >= 0.3 is 0 Å². The Morgan fingerprint density at radius 2 is 2.16 bits per heavy atom. The fourth-order valence-corrected chi connectivity index (χ4v) is 2.78. The monoisotopic (exact) mass is 343 g/mol. The number of hydrogen-bond donors (Lipinski definition) is 1. The molecule has 25 heavy (non-hydrogen) atoms. The molecule has 1 N–H and O–H groups in total. The highest BCUT2D eigenvalue weighted by Gasteiger charge is 2.27. The van der Waals surface area contributed by atoms with Crippen molar-refractivity contribution in [2.24, 2.45) is 0 Å². The summed E-state index contributed by atoms with van der Waals surface area (Å²) in [5, 5.41) is 3.32. The maximum absolute atomic E-state index is 12.5. The third-order valence-corrected chi connectivity index (χ3v) is 4.35. The highest BCUT2D eigenvalue weighted by molar-refractivity contribution is 5.98. The molecule has 0 bridgehead atoms. The molecule has 136 valence electrons. The Morgan fingerprint density at radius 1 is 1.40 bits per heavy atom. The maximum Gasteiger partial charge on any atom is 0.205 e. The van der Waals surface area contributed by atoms with Gasteiger partial charge in [-0.3, -0.25) is 4.79 Å². The Hall–Kier alpha value is -1.91. The van der Waals surface area contributed by atoms with E-state index in [9.17, 15) is 4.79 Å². The fourth-order valence-electron chi connectivity index (χ4n) is 2.78. The van der Waals surface area contributed by atoms with E-state index in [1.807, 2.05) is 51.1 Å². The van der Waals surface area contributed by atoms with Gasteiger partial charge in [-0.2, -0.15) is 0 Å². The van der Waals surface area contributed by atoms with Gasteiger partial charge in [0.15, 0.2) is 5.78 Å². The van der Waals surface area contributed by atoms with E-state index in [4.69, 9.17) is 9.47 Å². The molecule has 4 nitrogen and oxygen atoms in total. The van der Waals surface area contributed by atoms with Crippen LogP contribution >= 0.6 is 0 Å². The van der Waals surface area contributed by atoms with Gasteiger partial charge in [0, 0.05) is 31.0 Å². The summed E-state index contributed by atoms with van der Waals surface area (Å²) in [4.78, 5) is 12.5. The summed E-state index contributed by atoms with van der Waals surface area (Å²) in [6.45, 7) is 10.7. The van der Waals surface area contributed by atoms with E-state index in [-0.39, 0.29) is 11.8 Å². The number of Topliss-reactive ketones (excluding diaryl/α,β-unsaturated/α-hetero) is 1. The van der Waals surface area contributed by atoms with Crippen LogP contribution in [0.25, 0.3) is 0 Å². The van der Waals surface area contributed by atoms with Crippen molar-refractivity contribution in [3.8, 4) is 5.75 Å². The Balaban J connectivity index is 2.00. The minimum absolute atomic E-state index is 0.0703. The summed E-state index contributed by atoms with van der Waals surface area (Å²) >= 11 is 0. The number of ether oxygens (including phenoxy) is 2. The van der Waals surface area contributed by atoms with Gasteiger partial charge in [0.2, 0.25) is 5.79 Å². The molecule has 0 fully saturated rings. The van der Waals surface area contributed by atoms with Gasteiger partial charge in [0.1, 0.15) is 5.75 Å². The number of carbonyl (C=O) groups excluding carboxylic acids is 1. The van der Waals surface area contributed by atoms with Crippen molar-refractivity contribution in [1.82, 2.24) is 5.32 Å². The molecule has 1 aliphatic heterocycles. The molecule has 0 aromatic heterocycles. The molecule has 1 aromatic rings. The van der Waals surface area contributed by atoms with E-state index >= 15 is 0 Å². The molecule has 1 unspecified atom stereocenters. The number of nitrogens with one attached hydrogen (secondary N) is 1. The fraction of sp³-hybridized carbons (Fsp3) is 0.476. The number of carbonyl (C=O) groups is 1. The van der Waals surface area contributed by atoms with Crippen molar-refractivity contribution < 1.29 is 14.3 Å². The van der Waals surface area contributed by atoms with Crippen molar-refractivity contribution >= 4 is 5.78 Å². The molecule has 1 atom stereocenters. The molecule has 2 rings (SSSR count). The zero-order valence-electron chi connectivity index (χ0n) is 15.9. The van der Waals surface area contributed by atoms with Crippen molar-refractivity contribution in [2.45, 2.75) is 59.5 Å². The Labute approximate surface area is 150 Å². The summed E-state index contributed by atoms with van der Waals surface area (Å²) in [7, 11) is 0. The summed E-state index contributed by atoms with van der Waals surface area (Å²) in [5.74, 6) is 0.239. The molecule has 1 heterocycles. The number of allylic oxidation sites excluding steroid dienone is 3. The quantitative estimate of drug-likeness (QED) is 0.589. The Kier molecular flexibility index (Phi) is 6.57. The maximum atomic E-state index is 12.5. The van der Waals surface area contributed by atoms with E-state index in [2.05, 4.69) is 25.2 Å². The molecule has 0 saturated carbocycles. The van der Waals surface area contributed by atoms with E-state index in [1.54, 1.807) is 0 Å². The van der Waals surface area contributed by atoms with Crippen molar-refractivity contribution in [2.75, 3.05) is 6.54 Å². The van der Waals surface area contributed by atoms with Gasteiger partial charge in [0.25, 0.3) is 0 Å². The summed E-state index contributed by atoms with van der Waals surface area (Å²) < 4.78 is 11.4. The summed E-state index contributed by atoms with van der Waals surface area (Å²) in [6.07, 6.45) is 7.10.